The molecule has 6 nitrogen and oxygen atoms in total. The SMILES string of the molecule is CC(C)CC(=O)N1CC[C@H](O)[C@H]1COc1ccc(C(=O)O)cc1. The lowest BCUT2D eigenvalue weighted by Gasteiger charge is -2.27. The fourth-order valence-corrected chi connectivity index (χ4v) is 2.69. The Bertz CT molecular complexity index is 555. The van der Waals surface area contributed by atoms with E-state index in [0.29, 0.717) is 25.1 Å². The van der Waals surface area contributed by atoms with Crippen LogP contribution in [0.1, 0.15) is 37.0 Å². The molecule has 2 N–H and O–H groups in total. The van der Waals surface area contributed by atoms with Gasteiger partial charge >= 0.3 is 5.97 Å². The number of carbonyl (C=O) groups is 2. The van der Waals surface area contributed by atoms with Crippen molar-refractivity contribution >= 4 is 11.9 Å². The van der Waals surface area contributed by atoms with Crippen molar-refractivity contribution in [1.82, 2.24) is 4.90 Å². The summed E-state index contributed by atoms with van der Waals surface area (Å²) in [5, 5.41) is 18.9. The molecule has 0 radical (unpaired) electrons. The van der Waals surface area contributed by atoms with Crippen LogP contribution in [0.2, 0.25) is 0 Å². The minimum Gasteiger partial charge on any atom is -0.491 e. The summed E-state index contributed by atoms with van der Waals surface area (Å²) >= 11 is 0. The Balaban J connectivity index is 1.96. The summed E-state index contributed by atoms with van der Waals surface area (Å²) in [7, 11) is 0. The Kier molecular flexibility index (Phi) is 5.60. The van der Waals surface area contributed by atoms with Crippen molar-refractivity contribution < 1.29 is 24.5 Å². The fraction of sp³-hybridized carbons (Fsp3) is 0.529. The molecular formula is C17H23NO5. The van der Waals surface area contributed by atoms with Crippen LogP contribution in [-0.2, 0) is 4.79 Å². The zero-order valence-corrected chi connectivity index (χ0v) is 13.4. The lowest BCUT2D eigenvalue weighted by Crippen LogP contribution is -2.43. The maximum Gasteiger partial charge on any atom is 0.335 e. The molecule has 0 aromatic heterocycles. The highest BCUT2D eigenvalue weighted by Crippen LogP contribution is 2.22. The first kappa shape index (κ1) is 17.3. The molecule has 1 amide bonds. The number of aliphatic hydroxyl groups excluding tert-OH is 1. The number of ether oxygens (including phenoxy) is 1. The van der Waals surface area contributed by atoms with E-state index >= 15 is 0 Å². The Morgan fingerprint density at radius 1 is 1.30 bits per heavy atom. The number of carboxylic acids is 1. The zero-order chi connectivity index (χ0) is 17.0. The number of likely N-dealkylation sites (tertiary alicyclic amines) is 1. The Morgan fingerprint density at radius 2 is 1.96 bits per heavy atom. The van der Waals surface area contributed by atoms with Crippen LogP contribution in [0.15, 0.2) is 24.3 Å². The van der Waals surface area contributed by atoms with Crippen LogP contribution in [0, 0.1) is 5.92 Å². The molecule has 6 heteroatoms. The third kappa shape index (κ3) is 4.45. The van der Waals surface area contributed by atoms with Crippen LogP contribution in [0.4, 0.5) is 0 Å². The van der Waals surface area contributed by atoms with Crippen molar-refractivity contribution in [3.63, 3.8) is 0 Å². The van der Waals surface area contributed by atoms with Gasteiger partial charge in [0.2, 0.25) is 5.91 Å². The highest BCUT2D eigenvalue weighted by molar-refractivity contribution is 5.87. The lowest BCUT2D eigenvalue weighted by atomic mass is 10.1. The molecule has 1 aliphatic heterocycles. The van der Waals surface area contributed by atoms with Crippen molar-refractivity contribution in [2.75, 3.05) is 13.2 Å². The minimum absolute atomic E-state index is 0.0337. The number of benzene rings is 1. The van der Waals surface area contributed by atoms with Gasteiger partial charge in [0.25, 0.3) is 0 Å². The van der Waals surface area contributed by atoms with E-state index in [1.807, 2.05) is 13.8 Å². The molecule has 1 aliphatic rings. The van der Waals surface area contributed by atoms with Gasteiger partial charge in [-0.2, -0.15) is 0 Å². The van der Waals surface area contributed by atoms with Gasteiger partial charge in [0.1, 0.15) is 12.4 Å². The van der Waals surface area contributed by atoms with Gasteiger partial charge in [-0.05, 0) is 36.6 Å². The van der Waals surface area contributed by atoms with Crippen LogP contribution in [-0.4, -0.2) is 52.3 Å². The summed E-state index contributed by atoms with van der Waals surface area (Å²) in [5.74, 6) is -0.171. The van der Waals surface area contributed by atoms with Gasteiger partial charge in [-0.25, -0.2) is 4.79 Å². The number of hydrogen-bond donors (Lipinski definition) is 2. The van der Waals surface area contributed by atoms with Gasteiger partial charge in [-0.3, -0.25) is 4.79 Å². The quantitative estimate of drug-likeness (QED) is 0.834. The molecular weight excluding hydrogens is 298 g/mol. The summed E-state index contributed by atoms with van der Waals surface area (Å²) in [6, 6.07) is 5.71. The summed E-state index contributed by atoms with van der Waals surface area (Å²) in [6.45, 7) is 4.70. The Morgan fingerprint density at radius 3 is 2.52 bits per heavy atom. The second-order valence-electron chi connectivity index (χ2n) is 6.25. The van der Waals surface area contributed by atoms with Gasteiger partial charge in [0.15, 0.2) is 0 Å². The molecule has 1 heterocycles. The van der Waals surface area contributed by atoms with E-state index in [1.54, 1.807) is 17.0 Å². The maximum absolute atomic E-state index is 12.2. The largest absolute Gasteiger partial charge is 0.491 e. The zero-order valence-electron chi connectivity index (χ0n) is 13.4. The second-order valence-corrected chi connectivity index (χ2v) is 6.25. The monoisotopic (exact) mass is 321 g/mol. The van der Waals surface area contributed by atoms with Crippen molar-refractivity contribution in [3.05, 3.63) is 29.8 Å². The Hall–Kier alpha value is -2.08. The molecule has 2 atom stereocenters. The predicted molar refractivity (Wildman–Crippen MR) is 84.5 cm³/mol. The summed E-state index contributed by atoms with van der Waals surface area (Å²) < 4.78 is 5.63. The number of hydrogen-bond acceptors (Lipinski definition) is 4. The van der Waals surface area contributed by atoms with Gasteiger partial charge in [-0.1, -0.05) is 13.8 Å². The third-order valence-electron chi connectivity index (χ3n) is 3.94. The van der Waals surface area contributed by atoms with Crippen molar-refractivity contribution in [1.29, 1.82) is 0 Å². The molecule has 0 bridgehead atoms. The van der Waals surface area contributed by atoms with Crippen LogP contribution < -0.4 is 4.74 Å². The number of rotatable bonds is 6. The van der Waals surface area contributed by atoms with E-state index in [1.165, 1.54) is 12.1 Å². The van der Waals surface area contributed by atoms with Gasteiger partial charge in [0.05, 0.1) is 17.7 Å². The average molecular weight is 321 g/mol. The number of aliphatic hydroxyl groups is 1. The van der Waals surface area contributed by atoms with Crippen LogP contribution >= 0.6 is 0 Å². The first-order chi connectivity index (χ1) is 10.9. The molecule has 0 saturated carbocycles. The number of carbonyl (C=O) groups excluding carboxylic acids is 1. The number of aromatic carboxylic acids is 1. The smallest absolute Gasteiger partial charge is 0.335 e. The van der Waals surface area contributed by atoms with Gasteiger partial charge in [0, 0.05) is 13.0 Å². The van der Waals surface area contributed by atoms with Crippen molar-refractivity contribution in [3.8, 4) is 5.75 Å². The molecule has 1 saturated heterocycles. The molecule has 2 rings (SSSR count). The van der Waals surface area contributed by atoms with Crippen LogP contribution in [0.3, 0.4) is 0 Å². The predicted octanol–water partition coefficient (Wildman–Crippen LogP) is 1.77. The molecule has 126 valence electrons. The highest BCUT2D eigenvalue weighted by atomic mass is 16.5. The molecule has 0 spiro atoms. The minimum atomic E-state index is -0.992. The summed E-state index contributed by atoms with van der Waals surface area (Å²) in [4.78, 5) is 24.7. The highest BCUT2D eigenvalue weighted by Gasteiger charge is 2.36. The van der Waals surface area contributed by atoms with E-state index in [2.05, 4.69) is 0 Å². The molecule has 1 aromatic carbocycles. The number of nitrogens with zero attached hydrogens (tertiary/aromatic N) is 1. The maximum atomic E-state index is 12.2. The van der Waals surface area contributed by atoms with Crippen molar-refractivity contribution in [2.24, 2.45) is 5.92 Å². The average Bonchev–Trinajstić information content (AvgIpc) is 2.86. The van der Waals surface area contributed by atoms with E-state index in [-0.39, 0.29) is 30.0 Å². The number of carboxylic acid groups (broad SMARTS) is 1. The van der Waals surface area contributed by atoms with Crippen LogP contribution in [0.5, 0.6) is 5.75 Å². The fourth-order valence-electron chi connectivity index (χ4n) is 2.69. The Labute approximate surface area is 135 Å². The normalized spacial score (nSPS) is 20.8. The lowest BCUT2D eigenvalue weighted by molar-refractivity contribution is -0.134. The van der Waals surface area contributed by atoms with Gasteiger partial charge < -0.3 is 19.8 Å². The first-order valence-corrected chi connectivity index (χ1v) is 7.82. The topological polar surface area (TPSA) is 87.1 Å². The summed E-state index contributed by atoms with van der Waals surface area (Å²) in [6.07, 6.45) is 0.413. The molecule has 1 aromatic rings. The van der Waals surface area contributed by atoms with Crippen molar-refractivity contribution in [2.45, 2.75) is 38.8 Å². The second kappa shape index (κ2) is 7.46. The molecule has 1 fully saturated rings. The molecule has 0 aliphatic carbocycles. The molecule has 23 heavy (non-hydrogen) atoms. The van der Waals surface area contributed by atoms with E-state index in [0.717, 1.165) is 0 Å². The van der Waals surface area contributed by atoms with E-state index in [4.69, 9.17) is 9.84 Å². The molecule has 0 unspecified atom stereocenters. The van der Waals surface area contributed by atoms with Crippen LogP contribution in [0.25, 0.3) is 0 Å². The summed E-state index contributed by atoms with van der Waals surface area (Å²) in [5.41, 5.74) is 0.187. The standard InChI is InChI=1S/C17H23NO5/c1-11(2)9-16(20)18-8-7-15(19)14(18)10-23-13-5-3-12(4-6-13)17(21)22/h3-6,11,14-15,19H,7-10H2,1-2H3,(H,21,22)/t14-,15+/m1/s1. The van der Waals surface area contributed by atoms with Gasteiger partial charge in [-0.15, -0.1) is 0 Å². The van der Waals surface area contributed by atoms with E-state index < -0.39 is 12.1 Å². The first-order valence-electron chi connectivity index (χ1n) is 7.82. The third-order valence-corrected chi connectivity index (χ3v) is 3.94. The number of amides is 1. The van der Waals surface area contributed by atoms with E-state index in [9.17, 15) is 14.7 Å².